The van der Waals surface area contributed by atoms with Crippen LogP contribution in [-0.2, 0) is 0 Å². The SMILES string of the molecule is O=C(NC1CC(c2ccccc2)C1)c1cc(Cl)c(=O)n(-c2nccs2)c1. The summed E-state index contributed by atoms with van der Waals surface area (Å²) in [7, 11) is 0. The van der Waals surface area contributed by atoms with Crippen LogP contribution in [0.2, 0.25) is 5.02 Å². The quantitative estimate of drug-likeness (QED) is 0.746. The van der Waals surface area contributed by atoms with Gasteiger partial charge >= 0.3 is 0 Å². The maximum absolute atomic E-state index is 12.6. The van der Waals surface area contributed by atoms with Crippen molar-refractivity contribution >= 4 is 28.8 Å². The maximum Gasteiger partial charge on any atom is 0.275 e. The minimum atomic E-state index is -0.383. The summed E-state index contributed by atoms with van der Waals surface area (Å²) in [4.78, 5) is 28.9. The van der Waals surface area contributed by atoms with Crippen molar-refractivity contribution in [1.82, 2.24) is 14.9 Å². The average molecular weight is 386 g/mol. The molecule has 2 heterocycles. The molecule has 0 saturated heterocycles. The Balaban J connectivity index is 1.47. The van der Waals surface area contributed by atoms with Crippen molar-refractivity contribution in [3.05, 3.63) is 80.7 Å². The minimum Gasteiger partial charge on any atom is -0.349 e. The standard InChI is InChI=1S/C19H16ClN3O2S/c20-16-10-14(11-23(18(16)25)19-21-6-7-26-19)17(24)22-15-8-13(9-15)12-4-2-1-3-5-12/h1-7,10-11,13,15H,8-9H2,(H,22,24). The fourth-order valence-corrected chi connectivity index (χ4v) is 3.97. The second-order valence-electron chi connectivity index (χ2n) is 6.32. The predicted octanol–water partition coefficient (Wildman–Crippen LogP) is 3.62. The summed E-state index contributed by atoms with van der Waals surface area (Å²) in [6.45, 7) is 0. The average Bonchev–Trinajstić information content (AvgIpc) is 3.15. The molecular formula is C19H16ClN3O2S. The summed E-state index contributed by atoms with van der Waals surface area (Å²) >= 11 is 7.34. The number of aromatic nitrogens is 2. The minimum absolute atomic E-state index is 0.00335. The molecule has 0 radical (unpaired) electrons. The lowest BCUT2D eigenvalue weighted by Gasteiger charge is -2.36. The van der Waals surface area contributed by atoms with Gasteiger partial charge in [0.15, 0.2) is 5.13 Å². The Morgan fingerprint density at radius 1 is 1.27 bits per heavy atom. The fraction of sp³-hybridized carbons (Fsp3) is 0.211. The molecule has 1 amide bonds. The number of thiazole rings is 1. The number of hydrogen-bond donors (Lipinski definition) is 1. The zero-order valence-electron chi connectivity index (χ0n) is 13.8. The van der Waals surface area contributed by atoms with Crippen LogP contribution < -0.4 is 10.9 Å². The van der Waals surface area contributed by atoms with Crippen LogP contribution in [0, 0.1) is 0 Å². The van der Waals surface area contributed by atoms with Gasteiger partial charge in [0.2, 0.25) is 0 Å². The van der Waals surface area contributed by atoms with Gasteiger partial charge < -0.3 is 5.32 Å². The van der Waals surface area contributed by atoms with E-state index in [1.165, 1.54) is 33.7 Å². The van der Waals surface area contributed by atoms with Crippen molar-refractivity contribution in [1.29, 1.82) is 0 Å². The second kappa shape index (κ2) is 7.05. The van der Waals surface area contributed by atoms with E-state index in [1.807, 2.05) is 18.2 Å². The van der Waals surface area contributed by atoms with Crippen molar-refractivity contribution in [2.45, 2.75) is 24.8 Å². The van der Waals surface area contributed by atoms with Gasteiger partial charge in [-0.1, -0.05) is 41.9 Å². The number of hydrogen-bond acceptors (Lipinski definition) is 4. The Kier molecular flexibility index (Phi) is 4.61. The molecule has 1 fully saturated rings. The first-order chi connectivity index (χ1) is 12.6. The van der Waals surface area contributed by atoms with Gasteiger partial charge in [0, 0.05) is 23.8 Å². The Morgan fingerprint density at radius 2 is 2.04 bits per heavy atom. The number of carbonyl (C=O) groups is 1. The van der Waals surface area contributed by atoms with Crippen LogP contribution in [0.1, 0.15) is 34.7 Å². The first kappa shape index (κ1) is 17.0. The molecule has 1 N–H and O–H groups in total. The van der Waals surface area contributed by atoms with Crippen LogP contribution in [0.4, 0.5) is 0 Å². The van der Waals surface area contributed by atoms with Gasteiger partial charge in [-0.25, -0.2) is 4.98 Å². The molecule has 0 spiro atoms. The van der Waals surface area contributed by atoms with E-state index >= 15 is 0 Å². The van der Waals surface area contributed by atoms with Crippen LogP contribution in [0.5, 0.6) is 0 Å². The molecule has 26 heavy (non-hydrogen) atoms. The molecule has 1 saturated carbocycles. The highest BCUT2D eigenvalue weighted by Crippen LogP contribution is 2.36. The molecule has 1 aromatic carbocycles. The van der Waals surface area contributed by atoms with Crippen molar-refractivity contribution in [2.24, 2.45) is 0 Å². The Hall–Kier alpha value is -2.44. The highest BCUT2D eigenvalue weighted by atomic mass is 35.5. The van der Waals surface area contributed by atoms with E-state index in [0.29, 0.717) is 16.6 Å². The van der Waals surface area contributed by atoms with Crippen LogP contribution in [-0.4, -0.2) is 21.5 Å². The zero-order chi connectivity index (χ0) is 18.1. The van der Waals surface area contributed by atoms with Gasteiger partial charge in [0.1, 0.15) is 5.02 Å². The van der Waals surface area contributed by atoms with E-state index in [-0.39, 0.29) is 22.5 Å². The molecule has 3 aromatic rings. The lowest BCUT2D eigenvalue weighted by molar-refractivity contribution is 0.0908. The summed E-state index contributed by atoms with van der Waals surface area (Å²) in [6, 6.07) is 11.8. The third-order valence-electron chi connectivity index (χ3n) is 4.61. The van der Waals surface area contributed by atoms with Gasteiger partial charge in [-0.2, -0.15) is 0 Å². The number of nitrogens with zero attached hydrogens (tertiary/aromatic N) is 2. The van der Waals surface area contributed by atoms with Crippen molar-refractivity contribution in [3.63, 3.8) is 0 Å². The highest BCUT2D eigenvalue weighted by molar-refractivity contribution is 7.12. The van der Waals surface area contributed by atoms with Crippen LogP contribution in [0.15, 0.2) is 59.0 Å². The largest absolute Gasteiger partial charge is 0.349 e. The molecule has 1 aliphatic rings. The lowest BCUT2D eigenvalue weighted by atomic mass is 9.76. The third-order valence-corrected chi connectivity index (χ3v) is 5.65. The number of nitrogens with one attached hydrogen (secondary N) is 1. The van der Waals surface area contributed by atoms with Crippen LogP contribution in [0.3, 0.4) is 0 Å². The molecule has 0 unspecified atom stereocenters. The molecule has 4 rings (SSSR count). The number of halogens is 1. The number of carbonyl (C=O) groups excluding carboxylic acids is 1. The topological polar surface area (TPSA) is 64.0 Å². The molecule has 0 atom stereocenters. The van der Waals surface area contributed by atoms with Gasteiger partial charge in [0.25, 0.3) is 11.5 Å². The van der Waals surface area contributed by atoms with Crippen LogP contribution >= 0.6 is 22.9 Å². The second-order valence-corrected chi connectivity index (χ2v) is 7.60. The first-order valence-corrected chi connectivity index (χ1v) is 9.55. The molecule has 132 valence electrons. The van der Waals surface area contributed by atoms with Gasteiger partial charge in [-0.05, 0) is 30.4 Å². The van der Waals surface area contributed by atoms with Crippen molar-refractivity contribution < 1.29 is 4.79 Å². The number of benzene rings is 1. The Bertz CT molecular complexity index is 980. The van der Waals surface area contributed by atoms with Crippen molar-refractivity contribution in [3.8, 4) is 5.13 Å². The zero-order valence-corrected chi connectivity index (χ0v) is 15.3. The number of amides is 1. The van der Waals surface area contributed by atoms with E-state index in [1.54, 1.807) is 11.6 Å². The summed E-state index contributed by atoms with van der Waals surface area (Å²) in [5.41, 5.74) is 1.28. The van der Waals surface area contributed by atoms with Gasteiger partial charge in [0.05, 0.1) is 5.56 Å². The number of rotatable bonds is 4. The highest BCUT2D eigenvalue weighted by Gasteiger charge is 2.31. The smallest absolute Gasteiger partial charge is 0.275 e. The molecule has 5 nitrogen and oxygen atoms in total. The molecule has 7 heteroatoms. The molecule has 1 aliphatic carbocycles. The van der Waals surface area contributed by atoms with E-state index in [4.69, 9.17) is 11.6 Å². The lowest BCUT2D eigenvalue weighted by Crippen LogP contribution is -2.43. The van der Waals surface area contributed by atoms with E-state index in [0.717, 1.165) is 12.8 Å². The fourth-order valence-electron chi connectivity index (χ4n) is 3.15. The third kappa shape index (κ3) is 3.30. The van der Waals surface area contributed by atoms with Gasteiger partial charge in [-0.15, -0.1) is 11.3 Å². The number of pyridine rings is 1. The summed E-state index contributed by atoms with van der Waals surface area (Å²) in [5, 5.41) is 5.27. The summed E-state index contributed by atoms with van der Waals surface area (Å²) in [5.74, 6) is 0.253. The molecule has 2 aromatic heterocycles. The van der Waals surface area contributed by atoms with Crippen LogP contribution in [0.25, 0.3) is 5.13 Å². The normalized spacial score (nSPS) is 19.0. The summed E-state index contributed by atoms with van der Waals surface area (Å²) < 4.78 is 1.31. The molecule has 0 aliphatic heterocycles. The van der Waals surface area contributed by atoms with E-state index in [2.05, 4.69) is 22.4 Å². The molecular weight excluding hydrogens is 370 g/mol. The van der Waals surface area contributed by atoms with E-state index in [9.17, 15) is 9.59 Å². The Morgan fingerprint density at radius 3 is 2.73 bits per heavy atom. The Labute approximate surface area is 159 Å². The van der Waals surface area contributed by atoms with Crippen molar-refractivity contribution in [2.75, 3.05) is 0 Å². The first-order valence-electron chi connectivity index (χ1n) is 8.29. The van der Waals surface area contributed by atoms with Gasteiger partial charge in [-0.3, -0.25) is 14.2 Å². The monoisotopic (exact) mass is 385 g/mol. The predicted molar refractivity (Wildman–Crippen MR) is 102 cm³/mol. The van der Waals surface area contributed by atoms with E-state index < -0.39 is 0 Å². The summed E-state index contributed by atoms with van der Waals surface area (Å²) in [6.07, 6.45) is 4.92. The molecule has 0 bridgehead atoms. The maximum atomic E-state index is 12.6.